The molecule has 1 aliphatic carbocycles. The highest BCUT2D eigenvalue weighted by molar-refractivity contribution is 7.13. The number of carbonyl (C=O) groups is 1. The van der Waals surface area contributed by atoms with E-state index >= 15 is 0 Å². The summed E-state index contributed by atoms with van der Waals surface area (Å²) in [5.74, 6) is 1.06. The molecule has 0 radical (unpaired) electrons. The molecule has 0 bridgehead atoms. The van der Waals surface area contributed by atoms with E-state index in [0.29, 0.717) is 21.7 Å². The van der Waals surface area contributed by atoms with Crippen LogP contribution in [0.3, 0.4) is 0 Å². The van der Waals surface area contributed by atoms with Gasteiger partial charge in [0, 0.05) is 5.02 Å². The van der Waals surface area contributed by atoms with Crippen molar-refractivity contribution in [1.82, 2.24) is 5.43 Å². The summed E-state index contributed by atoms with van der Waals surface area (Å²) in [5, 5.41) is 4.71. The lowest BCUT2D eigenvalue weighted by atomic mass is 9.69. The van der Waals surface area contributed by atoms with Gasteiger partial charge in [-0.15, -0.1) is 11.3 Å². The van der Waals surface area contributed by atoms with Crippen molar-refractivity contribution < 1.29 is 4.79 Å². The van der Waals surface area contributed by atoms with E-state index in [4.69, 9.17) is 16.6 Å². The minimum absolute atomic E-state index is 0.0382. The molecule has 6 heteroatoms. The first-order valence-corrected chi connectivity index (χ1v) is 11.0. The van der Waals surface area contributed by atoms with Crippen molar-refractivity contribution >= 4 is 40.2 Å². The monoisotopic (exact) mass is 415 g/mol. The number of rotatable bonds is 3. The largest absolute Gasteiger partial charge is 0.284 e. The van der Waals surface area contributed by atoms with Crippen molar-refractivity contribution in [1.29, 1.82) is 0 Å². The van der Waals surface area contributed by atoms with E-state index in [-0.39, 0.29) is 11.2 Å². The molecule has 1 N–H and O–H groups in total. The van der Waals surface area contributed by atoms with Gasteiger partial charge in [0.25, 0.3) is 0 Å². The Morgan fingerprint density at radius 2 is 1.89 bits per heavy atom. The van der Waals surface area contributed by atoms with E-state index in [0.717, 1.165) is 31.4 Å². The number of Topliss-reactive ketones (excluding diaryl/α,β-unsaturated/α-hetero) is 1. The smallest absolute Gasteiger partial charge is 0.239 e. The molecule has 2 heterocycles. The first-order valence-electron chi connectivity index (χ1n) is 9.79. The number of aliphatic imine (C=N–C) groups is 1. The molecular formula is C22H26ClN3OS. The molecule has 0 atom stereocenters. The fourth-order valence-corrected chi connectivity index (χ4v) is 5.09. The van der Waals surface area contributed by atoms with Gasteiger partial charge in [-0.1, -0.05) is 38.4 Å². The number of thiophene rings is 1. The molecule has 4 rings (SSSR count). The van der Waals surface area contributed by atoms with Crippen LogP contribution in [0.25, 0.3) is 0 Å². The number of hydrogen-bond donors (Lipinski definition) is 1. The van der Waals surface area contributed by atoms with Crippen molar-refractivity contribution in [3.05, 3.63) is 51.7 Å². The highest BCUT2D eigenvalue weighted by atomic mass is 35.5. The average Bonchev–Trinajstić information content (AvgIpc) is 3.30. The SMILES string of the molecule is CC(C)(C)C1CCC2(CC1)N=C(C(=O)c1cccs1)NN2c1ccc(Cl)cc1. The maximum Gasteiger partial charge on any atom is 0.239 e. The number of halogens is 1. The molecule has 1 spiro atoms. The minimum Gasteiger partial charge on any atom is -0.284 e. The van der Waals surface area contributed by atoms with Gasteiger partial charge < -0.3 is 0 Å². The zero-order chi connectivity index (χ0) is 19.9. The molecule has 0 saturated heterocycles. The van der Waals surface area contributed by atoms with E-state index in [2.05, 4.69) is 31.2 Å². The first kappa shape index (κ1) is 19.5. The van der Waals surface area contributed by atoms with Crippen LogP contribution in [0.15, 0.2) is 46.8 Å². The van der Waals surface area contributed by atoms with E-state index in [1.54, 1.807) is 0 Å². The lowest BCUT2D eigenvalue weighted by Crippen LogP contribution is -2.53. The summed E-state index contributed by atoms with van der Waals surface area (Å²) in [4.78, 5) is 18.7. The van der Waals surface area contributed by atoms with Crippen LogP contribution in [0, 0.1) is 11.3 Å². The fraction of sp³-hybridized carbons (Fsp3) is 0.455. The van der Waals surface area contributed by atoms with Crippen LogP contribution in [0.1, 0.15) is 56.1 Å². The Kier molecular flexibility index (Phi) is 5.00. The number of hydrazine groups is 1. The highest BCUT2D eigenvalue weighted by Crippen LogP contribution is 2.46. The van der Waals surface area contributed by atoms with Crippen LogP contribution in [0.4, 0.5) is 5.69 Å². The van der Waals surface area contributed by atoms with E-state index in [1.165, 1.54) is 11.3 Å². The van der Waals surface area contributed by atoms with Crippen LogP contribution < -0.4 is 10.4 Å². The van der Waals surface area contributed by atoms with Crippen LogP contribution >= 0.6 is 22.9 Å². The molecule has 4 nitrogen and oxygen atoms in total. The van der Waals surface area contributed by atoms with E-state index in [9.17, 15) is 4.79 Å². The summed E-state index contributed by atoms with van der Waals surface area (Å²) in [7, 11) is 0. The summed E-state index contributed by atoms with van der Waals surface area (Å²) < 4.78 is 0. The maximum atomic E-state index is 13.0. The van der Waals surface area contributed by atoms with Gasteiger partial charge in [0.05, 0.1) is 10.6 Å². The topological polar surface area (TPSA) is 44.7 Å². The zero-order valence-corrected chi connectivity index (χ0v) is 18.1. The second-order valence-corrected chi connectivity index (χ2v) is 10.2. The van der Waals surface area contributed by atoms with Gasteiger partial charge >= 0.3 is 0 Å². The Bertz CT molecular complexity index is 876. The zero-order valence-electron chi connectivity index (χ0n) is 16.5. The quantitative estimate of drug-likeness (QED) is 0.631. The lowest BCUT2D eigenvalue weighted by Gasteiger charge is -2.45. The Hall–Kier alpha value is -1.85. The summed E-state index contributed by atoms with van der Waals surface area (Å²) in [5.41, 5.74) is 4.18. The third kappa shape index (κ3) is 3.58. The molecule has 1 fully saturated rings. The first-order chi connectivity index (χ1) is 13.3. The maximum absolute atomic E-state index is 13.0. The second-order valence-electron chi connectivity index (χ2n) is 8.81. The summed E-state index contributed by atoms with van der Waals surface area (Å²) >= 11 is 7.54. The van der Waals surface area contributed by atoms with Crippen molar-refractivity contribution in [2.24, 2.45) is 16.3 Å². The Labute approximate surface area is 175 Å². The molecular weight excluding hydrogens is 390 g/mol. The van der Waals surface area contributed by atoms with Crippen molar-refractivity contribution in [3.63, 3.8) is 0 Å². The van der Waals surface area contributed by atoms with Gasteiger partial charge in [0.15, 0.2) is 11.5 Å². The number of carbonyl (C=O) groups excluding carboxylic acids is 1. The second kappa shape index (κ2) is 7.20. The molecule has 1 aromatic heterocycles. The Morgan fingerprint density at radius 3 is 2.46 bits per heavy atom. The van der Waals surface area contributed by atoms with Gasteiger partial charge in [-0.3, -0.25) is 15.2 Å². The summed E-state index contributed by atoms with van der Waals surface area (Å²) in [6.07, 6.45) is 4.04. The normalized spacial score (nSPS) is 24.9. The number of anilines is 1. The van der Waals surface area contributed by atoms with E-state index in [1.807, 2.05) is 41.8 Å². The summed E-state index contributed by atoms with van der Waals surface area (Å²) in [6.45, 7) is 6.94. The van der Waals surface area contributed by atoms with Crippen LogP contribution in [-0.4, -0.2) is 17.3 Å². The van der Waals surface area contributed by atoms with Crippen LogP contribution in [0.2, 0.25) is 5.02 Å². The third-order valence-corrected chi connectivity index (χ3v) is 7.13. The van der Waals surface area contributed by atoms with Gasteiger partial charge in [0.2, 0.25) is 5.78 Å². The number of nitrogens with one attached hydrogen (secondary N) is 1. The predicted molar refractivity (Wildman–Crippen MR) is 117 cm³/mol. The number of hydrogen-bond acceptors (Lipinski definition) is 5. The summed E-state index contributed by atoms with van der Waals surface area (Å²) in [6, 6.07) is 11.5. The number of benzene rings is 1. The van der Waals surface area contributed by atoms with Crippen LogP contribution in [0.5, 0.6) is 0 Å². The van der Waals surface area contributed by atoms with Gasteiger partial charge in [-0.05, 0) is 72.7 Å². The number of ketones is 1. The molecule has 0 amide bonds. The molecule has 2 aliphatic rings. The van der Waals surface area contributed by atoms with Crippen molar-refractivity contribution in [2.75, 3.05) is 5.01 Å². The molecule has 1 aromatic carbocycles. The highest BCUT2D eigenvalue weighted by Gasteiger charge is 2.48. The lowest BCUT2D eigenvalue weighted by molar-refractivity contribution is 0.106. The predicted octanol–water partition coefficient (Wildman–Crippen LogP) is 5.94. The molecule has 1 saturated carbocycles. The molecule has 148 valence electrons. The number of amidine groups is 1. The fourth-order valence-electron chi connectivity index (χ4n) is 4.30. The van der Waals surface area contributed by atoms with E-state index < -0.39 is 5.66 Å². The van der Waals surface area contributed by atoms with Gasteiger partial charge in [-0.2, -0.15) is 0 Å². The standard InChI is InChI=1S/C22H26ClN3OS/c1-21(2,3)15-10-12-22(13-11-15)24-20(19(27)18-5-4-14-28-18)25-26(22)17-8-6-16(23)7-9-17/h4-9,14-15H,10-13H2,1-3H3,(H,24,25). The van der Waals surface area contributed by atoms with Gasteiger partial charge in [0.1, 0.15) is 0 Å². The van der Waals surface area contributed by atoms with Crippen LogP contribution in [-0.2, 0) is 0 Å². The molecule has 28 heavy (non-hydrogen) atoms. The molecule has 1 aliphatic heterocycles. The number of nitrogens with zero attached hydrogens (tertiary/aromatic N) is 2. The van der Waals surface area contributed by atoms with Crippen molar-refractivity contribution in [3.8, 4) is 0 Å². The Morgan fingerprint density at radius 1 is 1.21 bits per heavy atom. The third-order valence-electron chi connectivity index (χ3n) is 6.01. The van der Waals surface area contributed by atoms with Crippen molar-refractivity contribution in [2.45, 2.75) is 52.1 Å². The Balaban J connectivity index is 1.66. The van der Waals surface area contributed by atoms with Gasteiger partial charge in [-0.25, -0.2) is 4.99 Å². The molecule has 2 aromatic rings. The minimum atomic E-state index is -0.419. The molecule has 0 unspecified atom stereocenters. The average molecular weight is 416 g/mol.